The van der Waals surface area contributed by atoms with Gasteiger partial charge in [-0.15, -0.1) is 0 Å². The van der Waals surface area contributed by atoms with Gasteiger partial charge in [-0.3, -0.25) is 4.90 Å². The Bertz CT molecular complexity index is 1180. The van der Waals surface area contributed by atoms with E-state index in [1.165, 1.54) is 24.3 Å². The molecule has 2 nitrogen and oxygen atoms in total. The molecule has 0 aliphatic heterocycles. The van der Waals surface area contributed by atoms with Crippen molar-refractivity contribution in [2.24, 2.45) is 0 Å². The first-order chi connectivity index (χ1) is 15.9. The van der Waals surface area contributed by atoms with Crippen LogP contribution in [0.5, 0.6) is 0 Å². The molecule has 0 unspecified atom stereocenters. The minimum atomic E-state index is -4.37. The van der Waals surface area contributed by atoms with Crippen molar-refractivity contribution < 1.29 is 17.6 Å². The van der Waals surface area contributed by atoms with Gasteiger partial charge in [0.1, 0.15) is 5.82 Å². The lowest BCUT2D eigenvalue weighted by Crippen LogP contribution is -2.24. The van der Waals surface area contributed by atoms with Crippen LogP contribution in [0.3, 0.4) is 0 Å². The highest BCUT2D eigenvalue weighted by Crippen LogP contribution is 2.29. The molecule has 3 aromatic carbocycles. The van der Waals surface area contributed by atoms with Crippen LogP contribution in [0.2, 0.25) is 0 Å². The molecule has 0 saturated heterocycles. The van der Waals surface area contributed by atoms with Gasteiger partial charge in [0.25, 0.3) is 0 Å². The average Bonchev–Trinajstić information content (AvgIpc) is 3.20. The number of halogens is 4. The van der Waals surface area contributed by atoms with Gasteiger partial charge < -0.3 is 4.57 Å². The Balaban J connectivity index is 1.55. The summed E-state index contributed by atoms with van der Waals surface area (Å²) in [5.74, 6) is -0.278. The number of benzene rings is 3. The number of nitrogens with zero attached hydrogens (tertiary/aromatic N) is 2. The fourth-order valence-corrected chi connectivity index (χ4v) is 3.92. The maximum Gasteiger partial charge on any atom is 0.416 e. The second-order valence-corrected chi connectivity index (χ2v) is 8.09. The van der Waals surface area contributed by atoms with E-state index in [1.54, 1.807) is 12.1 Å². The van der Waals surface area contributed by atoms with E-state index < -0.39 is 11.7 Å². The third kappa shape index (κ3) is 6.33. The van der Waals surface area contributed by atoms with Crippen molar-refractivity contribution in [1.82, 2.24) is 9.47 Å². The first-order valence-electron chi connectivity index (χ1n) is 10.7. The molecule has 0 aliphatic rings. The topological polar surface area (TPSA) is 8.17 Å². The van der Waals surface area contributed by atoms with Crippen LogP contribution in [0.25, 0.3) is 0 Å². The normalized spacial score (nSPS) is 11.8. The summed E-state index contributed by atoms with van der Waals surface area (Å²) in [6.07, 6.45) is -2.49. The Morgan fingerprint density at radius 3 is 2.12 bits per heavy atom. The lowest BCUT2D eigenvalue weighted by molar-refractivity contribution is -0.137. The summed E-state index contributed by atoms with van der Waals surface area (Å²) in [5.41, 5.74) is 2.90. The quantitative estimate of drug-likeness (QED) is 0.264. The van der Waals surface area contributed by atoms with Gasteiger partial charge >= 0.3 is 6.18 Å². The third-order valence-corrected chi connectivity index (χ3v) is 5.46. The molecule has 0 atom stereocenters. The van der Waals surface area contributed by atoms with Crippen molar-refractivity contribution in [3.8, 4) is 0 Å². The van der Waals surface area contributed by atoms with Crippen LogP contribution in [-0.4, -0.2) is 9.47 Å². The van der Waals surface area contributed by atoms with Crippen molar-refractivity contribution in [3.63, 3.8) is 0 Å². The van der Waals surface area contributed by atoms with Crippen molar-refractivity contribution in [2.45, 2.75) is 32.4 Å². The first-order valence-corrected chi connectivity index (χ1v) is 10.7. The Morgan fingerprint density at radius 2 is 1.36 bits per heavy atom. The van der Waals surface area contributed by atoms with Crippen molar-refractivity contribution in [1.29, 1.82) is 0 Å². The molecular weight excluding hydrogens is 428 g/mol. The van der Waals surface area contributed by atoms with Crippen LogP contribution in [0.15, 0.2) is 97.2 Å². The molecule has 1 aromatic heterocycles. The summed E-state index contributed by atoms with van der Waals surface area (Å²) in [6, 6.07) is 25.8. The summed E-state index contributed by atoms with van der Waals surface area (Å²) in [7, 11) is 0. The molecule has 0 saturated carbocycles. The Kier molecular flexibility index (Phi) is 6.94. The molecule has 0 bridgehead atoms. The summed E-state index contributed by atoms with van der Waals surface area (Å²) in [4.78, 5) is 2.20. The van der Waals surface area contributed by atoms with Gasteiger partial charge in [-0.1, -0.05) is 54.6 Å². The molecule has 33 heavy (non-hydrogen) atoms. The molecule has 0 N–H and O–H groups in total. The molecule has 4 rings (SSSR count). The summed E-state index contributed by atoms with van der Waals surface area (Å²) < 4.78 is 55.0. The van der Waals surface area contributed by atoms with Crippen LogP contribution in [0.1, 0.15) is 27.9 Å². The molecule has 6 heteroatoms. The van der Waals surface area contributed by atoms with Gasteiger partial charge in [-0.05, 0) is 53.1 Å². The van der Waals surface area contributed by atoms with Crippen LogP contribution < -0.4 is 0 Å². The van der Waals surface area contributed by atoms with Gasteiger partial charge in [0, 0.05) is 38.1 Å². The van der Waals surface area contributed by atoms with Crippen molar-refractivity contribution in [2.75, 3.05) is 0 Å². The molecule has 0 fully saturated rings. The Hall–Kier alpha value is -3.38. The zero-order chi connectivity index (χ0) is 23.3. The summed E-state index contributed by atoms with van der Waals surface area (Å²) >= 11 is 0. The van der Waals surface area contributed by atoms with Gasteiger partial charge in [0.2, 0.25) is 0 Å². The highest BCUT2D eigenvalue weighted by atomic mass is 19.4. The van der Waals surface area contributed by atoms with Crippen molar-refractivity contribution in [3.05, 3.63) is 131 Å². The van der Waals surface area contributed by atoms with E-state index in [0.717, 1.165) is 22.9 Å². The fraction of sp³-hybridized carbons (Fsp3) is 0.185. The standard InChI is InChI=1S/C27H24F4N2/c28-25-12-5-10-23(16-25)18-32(17-21-7-2-1-3-8-21)20-26-13-6-14-33(26)19-22-9-4-11-24(15-22)27(29,30)31/h1-16H,17-20H2. The highest BCUT2D eigenvalue weighted by Gasteiger charge is 2.30. The van der Waals surface area contributed by atoms with Gasteiger partial charge in [-0.25, -0.2) is 4.39 Å². The molecular formula is C27H24F4N2. The Labute approximate surface area is 190 Å². The number of rotatable bonds is 8. The van der Waals surface area contributed by atoms with E-state index in [4.69, 9.17) is 0 Å². The average molecular weight is 452 g/mol. The molecule has 0 radical (unpaired) electrons. The Morgan fingerprint density at radius 1 is 0.667 bits per heavy atom. The van der Waals surface area contributed by atoms with E-state index in [9.17, 15) is 17.6 Å². The van der Waals surface area contributed by atoms with E-state index in [-0.39, 0.29) is 5.82 Å². The SMILES string of the molecule is Fc1cccc(CN(Cc2ccccc2)Cc2cccn2Cc2cccc(C(F)(F)F)c2)c1. The van der Waals surface area contributed by atoms with Gasteiger partial charge in [-0.2, -0.15) is 13.2 Å². The number of hydrogen-bond donors (Lipinski definition) is 0. The lowest BCUT2D eigenvalue weighted by Gasteiger charge is -2.24. The second kappa shape index (κ2) is 10.0. The summed E-state index contributed by atoms with van der Waals surface area (Å²) in [6.45, 7) is 2.11. The number of hydrogen-bond acceptors (Lipinski definition) is 1. The van der Waals surface area contributed by atoms with E-state index in [1.807, 2.05) is 59.3 Å². The van der Waals surface area contributed by atoms with Gasteiger partial charge in [0.15, 0.2) is 0 Å². The fourth-order valence-electron chi connectivity index (χ4n) is 3.92. The highest BCUT2D eigenvalue weighted by molar-refractivity contribution is 5.27. The van der Waals surface area contributed by atoms with E-state index >= 15 is 0 Å². The van der Waals surface area contributed by atoms with Gasteiger partial charge in [0.05, 0.1) is 5.56 Å². The predicted octanol–water partition coefficient (Wildman–Crippen LogP) is 6.90. The molecule has 0 amide bonds. The molecule has 0 spiro atoms. The maximum absolute atomic E-state index is 13.7. The monoisotopic (exact) mass is 452 g/mol. The number of alkyl halides is 3. The van der Waals surface area contributed by atoms with Crippen LogP contribution in [0.4, 0.5) is 17.6 Å². The molecule has 0 aliphatic carbocycles. The van der Waals surface area contributed by atoms with E-state index in [0.29, 0.717) is 31.7 Å². The van der Waals surface area contributed by atoms with Crippen LogP contribution in [-0.2, 0) is 32.4 Å². The zero-order valence-corrected chi connectivity index (χ0v) is 18.0. The largest absolute Gasteiger partial charge is 0.416 e. The van der Waals surface area contributed by atoms with Crippen molar-refractivity contribution >= 4 is 0 Å². The first kappa shape index (κ1) is 22.8. The molecule has 1 heterocycles. The molecule has 170 valence electrons. The van der Waals surface area contributed by atoms with E-state index in [2.05, 4.69) is 4.90 Å². The predicted molar refractivity (Wildman–Crippen MR) is 121 cm³/mol. The van der Waals surface area contributed by atoms with Crippen LogP contribution in [0, 0.1) is 5.82 Å². The summed E-state index contributed by atoms with van der Waals surface area (Å²) in [5, 5.41) is 0. The smallest absolute Gasteiger partial charge is 0.346 e. The van der Waals surface area contributed by atoms with Crippen LogP contribution >= 0.6 is 0 Å². The second-order valence-electron chi connectivity index (χ2n) is 8.09. The minimum absolute atomic E-state index is 0.278. The third-order valence-electron chi connectivity index (χ3n) is 5.46. The number of aromatic nitrogens is 1. The minimum Gasteiger partial charge on any atom is -0.346 e. The lowest BCUT2D eigenvalue weighted by atomic mass is 10.1. The zero-order valence-electron chi connectivity index (χ0n) is 18.0. The maximum atomic E-state index is 13.7. The molecule has 4 aromatic rings.